The maximum Gasteiger partial charge on any atom is 0.253 e. The molecule has 0 saturated heterocycles. The molecule has 6 nitrogen and oxygen atoms in total. The molecule has 0 saturated carbocycles. The van der Waals surface area contributed by atoms with Crippen LogP contribution in [-0.2, 0) is 6.54 Å². The van der Waals surface area contributed by atoms with E-state index in [0.717, 1.165) is 29.9 Å². The lowest BCUT2D eigenvalue weighted by Crippen LogP contribution is -2.23. The Morgan fingerprint density at radius 1 is 1.07 bits per heavy atom. The topological polar surface area (TPSA) is 70.2 Å². The van der Waals surface area contributed by atoms with E-state index in [4.69, 9.17) is 0 Å². The van der Waals surface area contributed by atoms with Crippen molar-refractivity contribution >= 4 is 23.1 Å². The van der Waals surface area contributed by atoms with Crippen LogP contribution in [0.5, 0.6) is 0 Å². The molecule has 0 aliphatic rings. The molecule has 0 spiro atoms. The number of hydrogen-bond acceptors (Lipinski definition) is 5. The second kappa shape index (κ2) is 9.68. The van der Waals surface area contributed by atoms with Crippen LogP contribution < -0.4 is 15.5 Å². The number of amides is 1. The number of carbonyl (C=O) groups is 1. The van der Waals surface area contributed by atoms with E-state index in [1.54, 1.807) is 24.7 Å². The van der Waals surface area contributed by atoms with E-state index in [1.165, 1.54) is 5.69 Å². The fraction of sp³-hybridized carbons (Fsp3) is 0.261. The Bertz CT molecular complexity index is 937. The zero-order valence-electron chi connectivity index (χ0n) is 17.1. The predicted molar refractivity (Wildman–Crippen MR) is 118 cm³/mol. The van der Waals surface area contributed by atoms with Crippen LogP contribution in [0, 0.1) is 6.92 Å². The lowest BCUT2D eigenvalue weighted by atomic mass is 10.1. The molecule has 1 amide bonds. The first kappa shape index (κ1) is 20.3. The number of anilines is 3. The Morgan fingerprint density at radius 3 is 2.52 bits per heavy atom. The highest BCUT2D eigenvalue weighted by molar-refractivity contribution is 5.94. The molecule has 0 atom stereocenters. The van der Waals surface area contributed by atoms with E-state index < -0.39 is 0 Å². The number of pyridine rings is 2. The number of benzene rings is 1. The summed E-state index contributed by atoms with van der Waals surface area (Å²) in [6.07, 6.45) is 5.03. The third-order valence-corrected chi connectivity index (χ3v) is 4.80. The SMILES string of the molecule is CCN(CC)c1ccc(Nc2ccc(C(=O)NCc3cccnc3)cn2)c(C)c1. The average molecular weight is 390 g/mol. The molecule has 6 heteroatoms. The maximum atomic E-state index is 12.3. The van der Waals surface area contributed by atoms with Gasteiger partial charge in [-0.2, -0.15) is 0 Å². The van der Waals surface area contributed by atoms with Gasteiger partial charge in [0.25, 0.3) is 5.91 Å². The van der Waals surface area contributed by atoms with Crippen LogP contribution in [0.25, 0.3) is 0 Å². The highest BCUT2D eigenvalue weighted by Gasteiger charge is 2.08. The van der Waals surface area contributed by atoms with Gasteiger partial charge in [0.2, 0.25) is 0 Å². The van der Waals surface area contributed by atoms with Gasteiger partial charge in [-0.05, 0) is 68.3 Å². The second-order valence-electron chi connectivity index (χ2n) is 6.77. The van der Waals surface area contributed by atoms with Crippen molar-refractivity contribution in [2.45, 2.75) is 27.3 Å². The first-order valence-electron chi connectivity index (χ1n) is 9.86. The summed E-state index contributed by atoms with van der Waals surface area (Å²) >= 11 is 0. The lowest BCUT2D eigenvalue weighted by molar-refractivity contribution is 0.0950. The van der Waals surface area contributed by atoms with E-state index >= 15 is 0 Å². The molecule has 3 rings (SSSR count). The quantitative estimate of drug-likeness (QED) is 0.601. The van der Waals surface area contributed by atoms with Crippen molar-refractivity contribution in [2.24, 2.45) is 0 Å². The average Bonchev–Trinajstić information content (AvgIpc) is 2.76. The number of carbonyl (C=O) groups excluding carboxylic acids is 1. The highest BCUT2D eigenvalue weighted by Crippen LogP contribution is 2.25. The van der Waals surface area contributed by atoms with Crippen LogP contribution >= 0.6 is 0 Å². The van der Waals surface area contributed by atoms with Gasteiger partial charge >= 0.3 is 0 Å². The summed E-state index contributed by atoms with van der Waals surface area (Å²) in [5.41, 5.74) is 4.84. The van der Waals surface area contributed by atoms with Crippen molar-refractivity contribution in [2.75, 3.05) is 23.3 Å². The molecule has 2 N–H and O–H groups in total. The minimum absolute atomic E-state index is 0.160. The zero-order valence-corrected chi connectivity index (χ0v) is 17.1. The minimum atomic E-state index is -0.160. The van der Waals surface area contributed by atoms with Gasteiger partial charge in [0, 0.05) is 49.6 Å². The van der Waals surface area contributed by atoms with Crippen LogP contribution in [-0.4, -0.2) is 29.0 Å². The maximum absolute atomic E-state index is 12.3. The zero-order chi connectivity index (χ0) is 20.6. The Morgan fingerprint density at radius 2 is 1.90 bits per heavy atom. The fourth-order valence-electron chi connectivity index (χ4n) is 3.10. The molecule has 150 valence electrons. The van der Waals surface area contributed by atoms with Crippen LogP contribution in [0.15, 0.2) is 61.1 Å². The lowest BCUT2D eigenvalue weighted by Gasteiger charge is -2.22. The monoisotopic (exact) mass is 389 g/mol. The van der Waals surface area contributed by atoms with Gasteiger partial charge in [-0.3, -0.25) is 9.78 Å². The van der Waals surface area contributed by atoms with Gasteiger partial charge < -0.3 is 15.5 Å². The Hall–Kier alpha value is -3.41. The van der Waals surface area contributed by atoms with Crippen molar-refractivity contribution in [1.29, 1.82) is 0 Å². The van der Waals surface area contributed by atoms with Gasteiger partial charge in [-0.25, -0.2) is 4.98 Å². The van der Waals surface area contributed by atoms with Crippen LogP contribution in [0.1, 0.15) is 35.3 Å². The molecule has 0 aliphatic carbocycles. The summed E-state index contributed by atoms with van der Waals surface area (Å²) in [6, 6.07) is 13.7. The first-order valence-corrected chi connectivity index (χ1v) is 9.86. The molecule has 0 unspecified atom stereocenters. The standard InChI is InChI=1S/C23H27N5O/c1-4-28(5-2)20-9-10-21(17(3)13-20)27-22-11-8-19(16-25-22)23(29)26-15-18-7-6-12-24-14-18/h6-14,16H,4-5,15H2,1-3H3,(H,25,27)(H,26,29). The second-order valence-corrected chi connectivity index (χ2v) is 6.77. The molecule has 2 aromatic heterocycles. The van der Waals surface area contributed by atoms with Crippen molar-refractivity contribution in [3.63, 3.8) is 0 Å². The van der Waals surface area contributed by atoms with Crippen molar-refractivity contribution in [3.05, 3.63) is 77.7 Å². The molecular formula is C23H27N5O. The Labute approximate surface area is 172 Å². The molecule has 0 fully saturated rings. The highest BCUT2D eigenvalue weighted by atomic mass is 16.1. The molecule has 0 radical (unpaired) electrons. The number of rotatable bonds is 8. The van der Waals surface area contributed by atoms with Crippen LogP contribution in [0.2, 0.25) is 0 Å². The molecular weight excluding hydrogens is 362 g/mol. The van der Waals surface area contributed by atoms with Crippen LogP contribution in [0.4, 0.5) is 17.2 Å². The number of nitrogens with zero attached hydrogens (tertiary/aromatic N) is 3. The van der Waals surface area contributed by atoms with Gasteiger partial charge in [0.1, 0.15) is 5.82 Å². The van der Waals surface area contributed by atoms with Gasteiger partial charge in [-0.1, -0.05) is 6.07 Å². The summed E-state index contributed by atoms with van der Waals surface area (Å²) in [5.74, 6) is 0.542. The number of aryl methyl sites for hydroxylation is 1. The third kappa shape index (κ3) is 5.31. The van der Waals surface area contributed by atoms with Crippen LogP contribution in [0.3, 0.4) is 0 Å². The molecule has 3 aromatic rings. The number of aromatic nitrogens is 2. The summed E-state index contributed by atoms with van der Waals surface area (Å²) in [5, 5.41) is 6.21. The smallest absolute Gasteiger partial charge is 0.253 e. The summed E-state index contributed by atoms with van der Waals surface area (Å²) < 4.78 is 0. The number of hydrogen-bond donors (Lipinski definition) is 2. The van der Waals surface area contributed by atoms with Gasteiger partial charge in [0.15, 0.2) is 0 Å². The van der Waals surface area contributed by atoms with E-state index in [-0.39, 0.29) is 5.91 Å². The number of nitrogens with one attached hydrogen (secondary N) is 2. The summed E-state index contributed by atoms with van der Waals surface area (Å²) in [6.45, 7) is 8.79. The molecule has 0 bridgehead atoms. The predicted octanol–water partition coefficient (Wildman–Crippen LogP) is 4.30. The van der Waals surface area contributed by atoms with Crippen molar-refractivity contribution in [1.82, 2.24) is 15.3 Å². The molecule has 0 aliphatic heterocycles. The molecule has 2 heterocycles. The van der Waals surface area contributed by atoms with E-state index in [9.17, 15) is 4.79 Å². The third-order valence-electron chi connectivity index (χ3n) is 4.80. The van der Waals surface area contributed by atoms with Gasteiger partial charge in [-0.15, -0.1) is 0 Å². The van der Waals surface area contributed by atoms with E-state index in [2.05, 4.69) is 64.5 Å². The summed E-state index contributed by atoms with van der Waals surface area (Å²) in [7, 11) is 0. The Balaban J connectivity index is 1.62. The Kier molecular flexibility index (Phi) is 6.79. The molecule has 29 heavy (non-hydrogen) atoms. The molecule has 1 aromatic carbocycles. The fourth-order valence-corrected chi connectivity index (χ4v) is 3.10. The van der Waals surface area contributed by atoms with E-state index in [0.29, 0.717) is 17.9 Å². The summed E-state index contributed by atoms with van der Waals surface area (Å²) in [4.78, 5) is 23.0. The first-order chi connectivity index (χ1) is 14.1. The largest absolute Gasteiger partial charge is 0.372 e. The van der Waals surface area contributed by atoms with Crippen molar-refractivity contribution < 1.29 is 4.79 Å². The van der Waals surface area contributed by atoms with Crippen molar-refractivity contribution in [3.8, 4) is 0 Å². The minimum Gasteiger partial charge on any atom is -0.372 e. The van der Waals surface area contributed by atoms with Gasteiger partial charge in [0.05, 0.1) is 5.56 Å². The van der Waals surface area contributed by atoms with E-state index in [1.807, 2.05) is 18.2 Å². The normalized spacial score (nSPS) is 10.4.